The fourth-order valence-electron chi connectivity index (χ4n) is 2.49. The molecule has 2 aromatic rings. The van der Waals surface area contributed by atoms with Crippen molar-refractivity contribution in [2.24, 2.45) is 0 Å². The van der Waals surface area contributed by atoms with E-state index in [1.165, 1.54) is 23.2 Å². The molecule has 0 saturated carbocycles. The van der Waals surface area contributed by atoms with Crippen molar-refractivity contribution in [3.8, 4) is 5.75 Å². The van der Waals surface area contributed by atoms with E-state index in [0.717, 1.165) is 18.2 Å². The van der Waals surface area contributed by atoms with Gasteiger partial charge in [0, 0.05) is 18.8 Å². The molecule has 0 bridgehead atoms. The number of nitrogens with zero attached hydrogens (tertiary/aromatic N) is 2. The maximum Gasteiger partial charge on any atom is 0.258 e. The van der Waals surface area contributed by atoms with E-state index in [4.69, 9.17) is 9.47 Å². The molecule has 1 fully saturated rings. The zero-order chi connectivity index (χ0) is 17.8. The molecule has 0 radical (unpaired) electrons. The average Bonchev–Trinajstić information content (AvgIpc) is 2.62. The van der Waals surface area contributed by atoms with Gasteiger partial charge in [-0.1, -0.05) is 0 Å². The van der Waals surface area contributed by atoms with E-state index in [-0.39, 0.29) is 37.6 Å². The van der Waals surface area contributed by atoms with E-state index in [1.54, 1.807) is 0 Å². The molecule has 1 saturated heterocycles. The van der Waals surface area contributed by atoms with Gasteiger partial charge in [-0.05, 0) is 24.3 Å². The van der Waals surface area contributed by atoms with Crippen LogP contribution in [-0.2, 0) is 4.74 Å². The molecule has 3 rings (SSSR count). The molecular weight excluding hydrogens is 337 g/mol. The highest BCUT2D eigenvalue weighted by Gasteiger charge is 2.27. The number of hydrogen-bond acceptors (Lipinski definition) is 4. The summed E-state index contributed by atoms with van der Waals surface area (Å²) in [7, 11) is 0. The summed E-state index contributed by atoms with van der Waals surface area (Å²) in [6.07, 6.45) is 0.718. The van der Waals surface area contributed by atoms with Crippen LogP contribution in [0.25, 0.3) is 0 Å². The summed E-state index contributed by atoms with van der Waals surface area (Å²) in [5.41, 5.74) is -0.125. The van der Waals surface area contributed by atoms with Gasteiger partial charge >= 0.3 is 0 Å². The summed E-state index contributed by atoms with van der Waals surface area (Å²) < 4.78 is 51.1. The third kappa shape index (κ3) is 4.08. The minimum Gasteiger partial charge on any atom is -0.488 e. The highest BCUT2D eigenvalue weighted by molar-refractivity contribution is 5.94. The Balaban J connectivity index is 1.62. The van der Waals surface area contributed by atoms with Crippen molar-refractivity contribution in [2.75, 3.05) is 26.3 Å². The minimum absolute atomic E-state index is 0.0698. The van der Waals surface area contributed by atoms with E-state index in [1.807, 2.05) is 0 Å². The molecule has 1 unspecified atom stereocenters. The number of halogens is 3. The lowest BCUT2D eigenvalue weighted by Crippen LogP contribution is -2.47. The number of benzene rings is 1. The van der Waals surface area contributed by atoms with Gasteiger partial charge in [0.25, 0.3) is 5.91 Å². The maximum atomic E-state index is 13.7. The van der Waals surface area contributed by atoms with Crippen LogP contribution in [0.1, 0.15) is 10.4 Å². The fourth-order valence-corrected chi connectivity index (χ4v) is 2.49. The first kappa shape index (κ1) is 17.2. The van der Waals surface area contributed by atoms with Crippen LogP contribution < -0.4 is 4.74 Å². The van der Waals surface area contributed by atoms with Gasteiger partial charge in [0.05, 0.1) is 18.7 Å². The van der Waals surface area contributed by atoms with Crippen molar-refractivity contribution in [1.29, 1.82) is 0 Å². The Bertz CT molecular complexity index is 773. The molecule has 5 nitrogen and oxygen atoms in total. The van der Waals surface area contributed by atoms with Crippen LogP contribution in [0.3, 0.4) is 0 Å². The van der Waals surface area contributed by atoms with Gasteiger partial charge in [0.15, 0.2) is 11.6 Å². The monoisotopic (exact) mass is 352 g/mol. The van der Waals surface area contributed by atoms with Crippen LogP contribution in [0, 0.1) is 17.6 Å². The molecule has 2 heterocycles. The topological polar surface area (TPSA) is 51.7 Å². The van der Waals surface area contributed by atoms with Crippen LogP contribution in [0.15, 0.2) is 36.5 Å². The zero-order valence-corrected chi connectivity index (χ0v) is 13.1. The normalized spacial score (nSPS) is 17.4. The number of rotatable bonds is 4. The maximum absolute atomic E-state index is 13.7. The number of amides is 1. The summed E-state index contributed by atoms with van der Waals surface area (Å²) in [4.78, 5) is 17.3. The van der Waals surface area contributed by atoms with E-state index in [9.17, 15) is 18.0 Å². The average molecular weight is 352 g/mol. The molecule has 0 aliphatic carbocycles. The van der Waals surface area contributed by atoms with Gasteiger partial charge in [-0.3, -0.25) is 4.79 Å². The molecule has 1 aromatic carbocycles. The van der Waals surface area contributed by atoms with Crippen molar-refractivity contribution in [3.63, 3.8) is 0 Å². The van der Waals surface area contributed by atoms with E-state index in [0.29, 0.717) is 0 Å². The highest BCUT2D eigenvalue weighted by atomic mass is 19.1. The van der Waals surface area contributed by atoms with E-state index >= 15 is 0 Å². The predicted molar refractivity (Wildman–Crippen MR) is 81.7 cm³/mol. The molecule has 1 aromatic heterocycles. The largest absolute Gasteiger partial charge is 0.488 e. The Morgan fingerprint density at radius 2 is 2.16 bits per heavy atom. The first-order valence-electron chi connectivity index (χ1n) is 7.64. The van der Waals surface area contributed by atoms with Crippen molar-refractivity contribution in [2.45, 2.75) is 6.10 Å². The number of carbonyl (C=O) groups excluding carboxylic acids is 1. The van der Waals surface area contributed by atoms with Gasteiger partial charge in [-0.15, -0.1) is 0 Å². The summed E-state index contributed by atoms with van der Waals surface area (Å²) >= 11 is 0. The van der Waals surface area contributed by atoms with Crippen molar-refractivity contribution in [1.82, 2.24) is 9.88 Å². The quantitative estimate of drug-likeness (QED) is 0.793. The second-order valence-electron chi connectivity index (χ2n) is 5.47. The minimum atomic E-state index is -0.839. The summed E-state index contributed by atoms with van der Waals surface area (Å²) in [6.45, 7) is 0.592. The van der Waals surface area contributed by atoms with Crippen molar-refractivity contribution in [3.05, 3.63) is 59.7 Å². The lowest BCUT2D eigenvalue weighted by Gasteiger charge is -2.32. The summed E-state index contributed by atoms with van der Waals surface area (Å²) in [6, 6.07) is 5.72. The van der Waals surface area contributed by atoms with Crippen LogP contribution >= 0.6 is 0 Å². The fraction of sp³-hybridized carbons (Fsp3) is 0.294. The first-order chi connectivity index (χ1) is 12.0. The number of pyridine rings is 1. The second kappa shape index (κ2) is 7.52. The van der Waals surface area contributed by atoms with Gasteiger partial charge in [-0.2, -0.15) is 4.39 Å². The van der Waals surface area contributed by atoms with Crippen molar-refractivity contribution < 1.29 is 27.4 Å². The predicted octanol–water partition coefficient (Wildman–Crippen LogP) is 2.42. The van der Waals surface area contributed by atoms with Gasteiger partial charge in [0.2, 0.25) is 5.95 Å². The van der Waals surface area contributed by atoms with Gasteiger partial charge in [0.1, 0.15) is 18.5 Å². The smallest absolute Gasteiger partial charge is 0.258 e. The summed E-state index contributed by atoms with van der Waals surface area (Å²) in [5.74, 6) is -2.89. The Morgan fingerprint density at radius 3 is 2.96 bits per heavy atom. The molecule has 1 aliphatic rings. The van der Waals surface area contributed by atoms with E-state index in [2.05, 4.69) is 4.98 Å². The van der Waals surface area contributed by atoms with Crippen LogP contribution in [0.4, 0.5) is 13.2 Å². The third-order valence-corrected chi connectivity index (χ3v) is 3.73. The van der Waals surface area contributed by atoms with Crippen molar-refractivity contribution >= 4 is 5.91 Å². The third-order valence-electron chi connectivity index (χ3n) is 3.73. The first-order valence-corrected chi connectivity index (χ1v) is 7.64. The van der Waals surface area contributed by atoms with E-state index < -0.39 is 29.6 Å². The van der Waals surface area contributed by atoms with Gasteiger partial charge in [-0.25, -0.2) is 13.8 Å². The molecule has 8 heteroatoms. The molecule has 1 atom stereocenters. The SMILES string of the molecule is O=C(c1cccnc1F)N1CCOC(COc2cc(F)ccc2F)C1. The van der Waals surface area contributed by atoms with Gasteiger partial charge < -0.3 is 14.4 Å². The van der Waals surface area contributed by atoms with Crippen LogP contribution in [0.5, 0.6) is 5.75 Å². The number of aromatic nitrogens is 1. The molecular formula is C17H15F3N2O3. The Kier molecular flexibility index (Phi) is 5.18. The number of hydrogen-bond donors (Lipinski definition) is 0. The van der Waals surface area contributed by atoms with Crippen LogP contribution in [0.2, 0.25) is 0 Å². The highest BCUT2D eigenvalue weighted by Crippen LogP contribution is 2.19. The number of ether oxygens (including phenoxy) is 2. The standard InChI is InChI=1S/C17H15F3N2O3/c18-11-3-4-14(19)15(8-11)25-10-12-9-22(6-7-24-12)17(23)13-2-1-5-21-16(13)20/h1-5,8,12H,6-7,9-10H2. The lowest BCUT2D eigenvalue weighted by atomic mass is 10.2. The molecule has 0 spiro atoms. The molecule has 1 amide bonds. The Morgan fingerprint density at radius 1 is 1.32 bits per heavy atom. The lowest BCUT2D eigenvalue weighted by molar-refractivity contribution is -0.0407. The molecule has 25 heavy (non-hydrogen) atoms. The molecule has 0 N–H and O–H groups in total. The zero-order valence-electron chi connectivity index (χ0n) is 13.1. The molecule has 1 aliphatic heterocycles. The number of morpholine rings is 1. The summed E-state index contributed by atoms with van der Waals surface area (Å²) in [5, 5.41) is 0. The molecule has 132 valence electrons. The van der Waals surface area contributed by atoms with Crippen LogP contribution in [-0.4, -0.2) is 48.2 Å². The Labute approximate surface area is 142 Å². The Hall–Kier alpha value is -2.61. The second-order valence-corrected chi connectivity index (χ2v) is 5.47. The number of carbonyl (C=O) groups is 1.